The van der Waals surface area contributed by atoms with E-state index >= 15 is 0 Å². The summed E-state index contributed by atoms with van der Waals surface area (Å²) in [6.07, 6.45) is 6.75. The molecule has 3 nitrogen and oxygen atoms in total. The summed E-state index contributed by atoms with van der Waals surface area (Å²) >= 11 is 0. The monoisotopic (exact) mass is 245 g/mol. The Labute approximate surface area is 108 Å². The van der Waals surface area contributed by atoms with Gasteiger partial charge in [0.15, 0.2) is 0 Å². The average molecular weight is 245 g/mol. The molecular formula is C15H19NO2. The zero-order valence-corrected chi connectivity index (χ0v) is 10.6. The van der Waals surface area contributed by atoms with Gasteiger partial charge in [-0.1, -0.05) is 19.3 Å². The summed E-state index contributed by atoms with van der Waals surface area (Å²) in [6.45, 7) is 1.22. The summed E-state index contributed by atoms with van der Waals surface area (Å²) in [7, 11) is 0. The van der Waals surface area contributed by atoms with E-state index < -0.39 is 0 Å². The van der Waals surface area contributed by atoms with E-state index in [1.807, 2.05) is 12.1 Å². The number of benzene rings is 1. The Bertz CT molecular complexity index is 388. The predicted octanol–water partition coefficient (Wildman–Crippen LogP) is 3.29. The molecule has 18 heavy (non-hydrogen) atoms. The third kappa shape index (κ3) is 4.05. The molecule has 1 aliphatic rings. The van der Waals surface area contributed by atoms with Crippen molar-refractivity contribution < 1.29 is 9.47 Å². The van der Waals surface area contributed by atoms with Crippen LogP contribution in [0.3, 0.4) is 0 Å². The van der Waals surface area contributed by atoms with E-state index in [-0.39, 0.29) is 0 Å². The van der Waals surface area contributed by atoms with Gasteiger partial charge in [0, 0.05) is 0 Å². The lowest BCUT2D eigenvalue weighted by Gasteiger charge is -2.21. The third-order valence-corrected chi connectivity index (χ3v) is 3.24. The molecule has 0 spiro atoms. The van der Waals surface area contributed by atoms with Crippen LogP contribution in [0, 0.1) is 11.3 Å². The molecule has 96 valence electrons. The first-order chi connectivity index (χ1) is 8.88. The molecule has 0 heterocycles. The van der Waals surface area contributed by atoms with Gasteiger partial charge in [0.2, 0.25) is 0 Å². The maximum atomic E-state index is 8.68. The molecule has 1 saturated carbocycles. The largest absolute Gasteiger partial charge is 0.491 e. The molecule has 1 aliphatic carbocycles. The summed E-state index contributed by atoms with van der Waals surface area (Å²) in [4.78, 5) is 0. The van der Waals surface area contributed by atoms with Crippen molar-refractivity contribution in [2.24, 2.45) is 0 Å². The van der Waals surface area contributed by atoms with Crippen LogP contribution in [0.25, 0.3) is 0 Å². The lowest BCUT2D eigenvalue weighted by Crippen LogP contribution is -2.19. The topological polar surface area (TPSA) is 42.2 Å². The number of ether oxygens (including phenoxy) is 2. The number of nitriles is 1. The Morgan fingerprint density at radius 1 is 1.06 bits per heavy atom. The van der Waals surface area contributed by atoms with Gasteiger partial charge in [-0.3, -0.25) is 0 Å². The molecule has 0 aromatic heterocycles. The smallest absolute Gasteiger partial charge is 0.119 e. The Morgan fingerprint density at radius 2 is 1.78 bits per heavy atom. The summed E-state index contributed by atoms with van der Waals surface area (Å²) in [5.74, 6) is 0.793. The van der Waals surface area contributed by atoms with Crippen LogP contribution in [0.5, 0.6) is 5.75 Å². The van der Waals surface area contributed by atoms with Gasteiger partial charge in [-0.25, -0.2) is 0 Å². The van der Waals surface area contributed by atoms with Gasteiger partial charge in [0.05, 0.1) is 24.3 Å². The van der Waals surface area contributed by atoms with E-state index in [0.717, 1.165) is 5.75 Å². The maximum Gasteiger partial charge on any atom is 0.119 e. The van der Waals surface area contributed by atoms with Crippen molar-refractivity contribution in [2.45, 2.75) is 38.2 Å². The first kappa shape index (κ1) is 12.9. The van der Waals surface area contributed by atoms with Crippen LogP contribution in [0.15, 0.2) is 24.3 Å². The molecule has 0 unspecified atom stereocenters. The third-order valence-electron chi connectivity index (χ3n) is 3.24. The van der Waals surface area contributed by atoms with Crippen LogP contribution in [0.1, 0.15) is 37.7 Å². The van der Waals surface area contributed by atoms with Crippen molar-refractivity contribution in [1.29, 1.82) is 5.26 Å². The molecule has 0 aliphatic heterocycles. The van der Waals surface area contributed by atoms with Crippen molar-refractivity contribution in [1.82, 2.24) is 0 Å². The highest BCUT2D eigenvalue weighted by Gasteiger charge is 2.13. The molecule has 0 saturated heterocycles. The molecule has 1 aromatic rings. The highest BCUT2D eigenvalue weighted by atomic mass is 16.5. The van der Waals surface area contributed by atoms with Gasteiger partial charge < -0.3 is 9.47 Å². The number of hydrogen-bond acceptors (Lipinski definition) is 3. The predicted molar refractivity (Wildman–Crippen MR) is 69.5 cm³/mol. The molecule has 0 bridgehead atoms. The van der Waals surface area contributed by atoms with Crippen LogP contribution in [0.4, 0.5) is 0 Å². The minimum atomic E-state index is 0.434. The Kier molecular flexibility index (Phi) is 5.04. The van der Waals surface area contributed by atoms with E-state index in [9.17, 15) is 0 Å². The standard InChI is InChI=1S/C15H19NO2/c16-12-13-6-8-15(9-7-13)18-11-10-17-14-4-2-1-3-5-14/h6-9,14H,1-5,10-11H2. The molecular weight excluding hydrogens is 226 g/mol. The first-order valence-corrected chi connectivity index (χ1v) is 6.63. The maximum absolute atomic E-state index is 8.68. The van der Waals surface area contributed by atoms with Crippen molar-refractivity contribution >= 4 is 0 Å². The van der Waals surface area contributed by atoms with Gasteiger partial charge >= 0.3 is 0 Å². The number of nitrogens with zero attached hydrogens (tertiary/aromatic N) is 1. The SMILES string of the molecule is N#Cc1ccc(OCCOC2CCCCC2)cc1. The highest BCUT2D eigenvalue weighted by Crippen LogP contribution is 2.20. The molecule has 3 heteroatoms. The lowest BCUT2D eigenvalue weighted by molar-refractivity contribution is 0.0129. The second kappa shape index (κ2) is 7.03. The fourth-order valence-corrected chi connectivity index (χ4v) is 2.23. The van der Waals surface area contributed by atoms with E-state index in [2.05, 4.69) is 6.07 Å². The van der Waals surface area contributed by atoms with Gasteiger partial charge in [-0.15, -0.1) is 0 Å². The minimum Gasteiger partial charge on any atom is -0.491 e. The van der Waals surface area contributed by atoms with Gasteiger partial charge in [0.1, 0.15) is 12.4 Å². The van der Waals surface area contributed by atoms with Crippen molar-refractivity contribution in [2.75, 3.05) is 13.2 Å². The fraction of sp³-hybridized carbons (Fsp3) is 0.533. The Morgan fingerprint density at radius 3 is 2.44 bits per heavy atom. The highest BCUT2D eigenvalue weighted by molar-refractivity contribution is 5.34. The van der Waals surface area contributed by atoms with Crippen LogP contribution < -0.4 is 4.74 Å². The molecule has 0 amide bonds. The second-order valence-corrected chi connectivity index (χ2v) is 4.62. The minimum absolute atomic E-state index is 0.434. The fourth-order valence-electron chi connectivity index (χ4n) is 2.23. The second-order valence-electron chi connectivity index (χ2n) is 4.62. The van der Waals surface area contributed by atoms with Crippen LogP contribution in [-0.2, 0) is 4.74 Å². The van der Waals surface area contributed by atoms with Crippen molar-refractivity contribution in [3.63, 3.8) is 0 Å². The molecule has 0 radical (unpaired) electrons. The van der Waals surface area contributed by atoms with Crippen LogP contribution in [-0.4, -0.2) is 19.3 Å². The normalized spacial score (nSPS) is 16.2. The molecule has 0 atom stereocenters. The summed E-state index contributed by atoms with van der Waals surface area (Å²) in [6, 6.07) is 9.24. The van der Waals surface area contributed by atoms with E-state index in [1.165, 1.54) is 32.1 Å². The summed E-state index contributed by atoms with van der Waals surface area (Å²) in [5, 5.41) is 8.68. The van der Waals surface area contributed by atoms with E-state index in [4.69, 9.17) is 14.7 Å². The Balaban J connectivity index is 1.63. The van der Waals surface area contributed by atoms with Crippen molar-refractivity contribution in [3.05, 3.63) is 29.8 Å². The summed E-state index contributed by atoms with van der Waals surface area (Å²) < 4.78 is 11.3. The first-order valence-electron chi connectivity index (χ1n) is 6.63. The quantitative estimate of drug-likeness (QED) is 0.747. The molecule has 1 fully saturated rings. The molecule has 0 N–H and O–H groups in total. The van der Waals surface area contributed by atoms with Gasteiger partial charge in [0.25, 0.3) is 0 Å². The van der Waals surface area contributed by atoms with Crippen LogP contribution >= 0.6 is 0 Å². The van der Waals surface area contributed by atoms with Gasteiger partial charge in [-0.2, -0.15) is 5.26 Å². The van der Waals surface area contributed by atoms with Crippen molar-refractivity contribution in [3.8, 4) is 11.8 Å². The molecule has 2 rings (SSSR count). The molecule has 1 aromatic carbocycles. The number of hydrogen-bond donors (Lipinski definition) is 0. The van der Waals surface area contributed by atoms with Gasteiger partial charge in [-0.05, 0) is 37.1 Å². The summed E-state index contributed by atoms with van der Waals surface area (Å²) in [5.41, 5.74) is 0.654. The van der Waals surface area contributed by atoms with E-state index in [1.54, 1.807) is 12.1 Å². The average Bonchev–Trinajstić information content (AvgIpc) is 2.45. The van der Waals surface area contributed by atoms with Crippen LogP contribution in [0.2, 0.25) is 0 Å². The van der Waals surface area contributed by atoms with E-state index in [0.29, 0.717) is 24.9 Å². The zero-order valence-electron chi connectivity index (χ0n) is 10.6. The lowest BCUT2D eigenvalue weighted by atomic mass is 9.98. The Hall–Kier alpha value is -1.53. The number of rotatable bonds is 5. The zero-order chi connectivity index (χ0) is 12.6.